The molecule has 1 amide bonds. The third-order valence-electron chi connectivity index (χ3n) is 2.14. The number of sulfonamides is 1. The number of nitrogens with one attached hydrogen (secondary N) is 1. The number of carbonyl (C=O) groups excluding carboxylic acids is 1. The van der Waals surface area contributed by atoms with Gasteiger partial charge in [-0.2, -0.15) is 0 Å². The molecule has 0 aromatic rings. The molecule has 0 radical (unpaired) electrons. The monoisotopic (exact) mass is 236 g/mol. The highest BCUT2D eigenvalue weighted by atomic mass is 32.2. The van der Waals surface area contributed by atoms with Gasteiger partial charge in [-0.05, 0) is 12.8 Å². The smallest absolute Gasteiger partial charge is 0.222 e. The van der Waals surface area contributed by atoms with Crippen molar-refractivity contribution in [1.82, 2.24) is 9.62 Å². The van der Waals surface area contributed by atoms with E-state index in [1.807, 2.05) is 0 Å². The average Bonchev–Trinajstić information content (AvgIpc) is 2.44. The molecule has 0 aromatic carbocycles. The Morgan fingerprint density at radius 1 is 1.47 bits per heavy atom. The summed E-state index contributed by atoms with van der Waals surface area (Å²) in [5.41, 5.74) is 0. The van der Waals surface area contributed by atoms with E-state index < -0.39 is 10.0 Å². The Morgan fingerprint density at radius 3 is 2.60 bits per heavy atom. The van der Waals surface area contributed by atoms with Crippen molar-refractivity contribution in [2.45, 2.75) is 26.7 Å². The predicted molar refractivity (Wildman–Crippen MR) is 60.0 cm³/mol. The molecule has 0 aromatic heterocycles. The van der Waals surface area contributed by atoms with Gasteiger partial charge in [0.1, 0.15) is 0 Å². The van der Waals surface area contributed by atoms with E-state index in [0.717, 1.165) is 19.2 Å². The van der Waals surface area contributed by atoms with E-state index in [9.17, 15) is 13.2 Å². The summed E-state index contributed by atoms with van der Waals surface area (Å²) in [7, 11) is -3.09. The molecule has 1 saturated heterocycles. The van der Waals surface area contributed by atoms with Gasteiger partial charge < -0.3 is 4.90 Å². The van der Waals surface area contributed by atoms with Crippen LogP contribution in [0.5, 0.6) is 0 Å². The van der Waals surface area contributed by atoms with E-state index in [1.54, 1.807) is 4.90 Å². The molecule has 0 aliphatic carbocycles. The first-order valence-corrected chi connectivity index (χ1v) is 6.60. The molecule has 1 fully saturated rings. The minimum atomic E-state index is -3.09. The van der Waals surface area contributed by atoms with E-state index in [0.29, 0.717) is 25.9 Å². The van der Waals surface area contributed by atoms with Gasteiger partial charge in [0, 0.05) is 26.1 Å². The maximum Gasteiger partial charge on any atom is 0.222 e. The number of hydrogen-bond donors (Lipinski definition) is 1. The zero-order valence-electron chi connectivity index (χ0n) is 8.32. The summed E-state index contributed by atoms with van der Waals surface area (Å²) >= 11 is 0. The van der Waals surface area contributed by atoms with Crippen molar-refractivity contribution in [1.29, 1.82) is 0 Å². The summed E-state index contributed by atoms with van der Waals surface area (Å²) in [6.45, 7) is 1.88. The van der Waals surface area contributed by atoms with Crippen molar-refractivity contribution in [2.75, 3.05) is 25.9 Å². The maximum atomic E-state index is 11.2. The molecule has 1 aliphatic heterocycles. The highest BCUT2D eigenvalue weighted by molar-refractivity contribution is 7.88. The Kier molecular flexibility index (Phi) is 5.82. The highest BCUT2D eigenvalue weighted by Gasteiger charge is 2.18. The normalized spacial score (nSPS) is 16.6. The number of amides is 1. The quantitative estimate of drug-likeness (QED) is 0.693. The first kappa shape index (κ1) is 14.4. The summed E-state index contributed by atoms with van der Waals surface area (Å²) < 4.78 is 23.8. The number of carbonyl (C=O) groups is 1. The first-order valence-electron chi connectivity index (χ1n) is 4.71. The maximum absolute atomic E-state index is 11.2. The summed E-state index contributed by atoms with van der Waals surface area (Å²) in [5, 5.41) is 0. The predicted octanol–water partition coefficient (Wildman–Crippen LogP) is 0.184. The molecule has 15 heavy (non-hydrogen) atoms. The molecule has 0 unspecified atom stereocenters. The van der Waals surface area contributed by atoms with Gasteiger partial charge in [-0.15, -0.1) is 0 Å². The first-order chi connectivity index (χ1) is 6.49. The molecule has 0 bridgehead atoms. The van der Waals surface area contributed by atoms with Crippen LogP contribution in [0.25, 0.3) is 0 Å². The van der Waals surface area contributed by atoms with Gasteiger partial charge in [0.05, 0.1) is 6.26 Å². The van der Waals surface area contributed by atoms with E-state index >= 15 is 0 Å². The molecule has 1 heterocycles. The number of nitrogens with zero attached hydrogens (tertiary/aromatic N) is 1. The van der Waals surface area contributed by atoms with E-state index in [1.165, 1.54) is 0 Å². The molecular weight excluding hydrogens is 216 g/mol. The molecule has 1 aliphatic rings. The van der Waals surface area contributed by atoms with Gasteiger partial charge >= 0.3 is 0 Å². The van der Waals surface area contributed by atoms with Crippen LogP contribution < -0.4 is 4.72 Å². The lowest BCUT2D eigenvalue weighted by Gasteiger charge is -2.14. The van der Waals surface area contributed by atoms with Gasteiger partial charge in [0.15, 0.2) is 0 Å². The second-order valence-electron chi connectivity index (χ2n) is 3.50. The lowest BCUT2D eigenvalue weighted by atomic mass is 10.4. The van der Waals surface area contributed by atoms with Crippen molar-refractivity contribution in [3.05, 3.63) is 0 Å². The van der Waals surface area contributed by atoms with Crippen LogP contribution in [-0.4, -0.2) is 45.1 Å². The van der Waals surface area contributed by atoms with Crippen LogP contribution in [0.1, 0.15) is 26.7 Å². The molecule has 1 N–H and O–H groups in total. The Morgan fingerprint density at radius 2 is 2.13 bits per heavy atom. The fourth-order valence-electron chi connectivity index (χ4n) is 1.47. The van der Waals surface area contributed by atoms with Crippen molar-refractivity contribution >= 4 is 15.9 Å². The summed E-state index contributed by atoms with van der Waals surface area (Å²) in [4.78, 5) is 12.9. The highest BCUT2D eigenvalue weighted by Crippen LogP contribution is 2.09. The Hall–Kier alpha value is -0.620. The van der Waals surface area contributed by atoms with Crippen LogP contribution in [-0.2, 0) is 14.8 Å². The van der Waals surface area contributed by atoms with E-state index in [4.69, 9.17) is 0 Å². The van der Waals surface area contributed by atoms with Crippen LogP contribution in [0, 0.1) is 0 Å². The van der Waals surface area contributed by atoms with Crippen LogP contribution in [0.3, 0.4) is 0 Å². The second kappa shape index (κ2) is 6.07. The van der Waals surface area contributed by atoms with Crippen molar-refractivity contribution in [3.63, 3.8) is 0 Å². The van der Waals surface area contributed by atoms with Gasteiger partial charge in [-0.25, -0.2) is 13.1 Å². The lowest BCUT2D eigenvalue weighted by Crippen LogP contribution is -2.30. The zero-order chi connectivity index (χ0) is 10.6. The third kappa shape index (κ3) is 5.74. The fraction of sp³-hybridized carbons (Fsp3) is 0.889. The molecule has 0 spiro atoms. The van der Waals surface area contributed by atoms with Crippen LogP contribution in [0.2, 0.25) is 0 Å². The van der Waals surface area contributed by atoms with E-state index in [2.05, 4.69) is 4.72 Å². The Bertz CT molecular complexity index is 300. The van der Waals surface area contributed by atoms with Crippen molar-refractivity contribution in [3.8, 4) is 0 Å². The fourth-order valence-corrected chi connectivity index (χ4v) is 1.98. The summed E-state index contributed by atoms with van der Waals surface area (Å²) in [5.74, 6) is 0.185. The van der Waals surface area contributed by atoms with Crippen molar-refractivity contribution in [2.24, 2.45) is 0 Å². The minimum absolute atomic E-state index is 0. The molecule has 5 nitrogen and oxygen atoms in total. The Balaban J connectivity index is 0.00000196. The molecule has 0 atom stereocenters. The van der Waals surface area contributed by atoms with Gasteiger partial charge in [-0.3, -0.25) is 4.79 Å². The largest absolute Gasteiger partial charge is 0.343 e. The molecule has 1 rings (SSSR count). The SMILES string of the molecule is C.CS(=O)(=O)NCCCN1CCCC1=O. The number of hydrogen-bond acceptors (Lipinski definition) is 3. The number of likely N-dealkylation sites (tertiary alicyclic amines) is 1. The zero-order valence-corrected chi connectivity index (χ0v) is 9.14. The molecule has 6 heteroatoms. The van der Waals surface area contributed by atoms with Crippen LogP contribution in [0.4, 0.5) is 0 Å². The average molecular weight is 236 g/mol. The Labute approximate surface area is 91.9 Å². The molecule has 0 saturated carbocycles. The van der Waals surface area contributed by atoms with E-state index in [-0.39, 0.29) is 13.3 Å². The van der Waals surface area contributed by atoms with Crippen LogP contribution in [0.15, 0.2) is 0 Å². The summed E-state index contributed by atoms with van der Waals surface area (Å²) in [6, 6.07) is 0. The molecular formula is C9H20N2O3S. The van der Waals surface area contributed by atoms with Gasteiger partial charge in [-0.1, -0.05) is 7.43 Å². The van der Waals surface area contributed by atoms with Crippen molar-refractivity contribution < 1.29 is 13.2 Å². The number of rotatable bonds is 5. The molecule has 90 valence electrons. The van der Waals surface area contributed by atoms with Gasteiger partial charge in [0.25, 0.3) is 0 Å². The minimum Gasteiger partial charge on any atom is -0.343 e. The van der Waals surface area contributed by atoms with Gasteiger partial charge in [0.2, 0.25) is 15.9 Å². The topological polar surface area (TPSA) is 66.5 Å². The second-order valence-corrected chi connectivity index (χ2v) is 5.34. The van der Waals surface area contributed by atoms with Crippen LogP contribution >= 0.6 is 0 Å². The lowest BCUT2D eigenvalue weighted by molar-refractivity contribution is -0.127. The summed E-state index contributed by atoms with van der Waals surface area (Å²) in [6.07, 6.45) is 3.38. The third-order valence-corrected chi connectivity index (χ3v) is 2.87. The standard InChI is InChI=1S/C8H16N2O3S.CH4/c1-14(12,13)9-5-3-7-10-6-2-4-8(10)11;/h9H,2-7H2,1H3;1H4.